The van der Waals surface area contributed by atoms with E-state index < -0.39 is 0 Å². The quantitative estimate of drug-likeness (QED) is 0.536. The molecule has 0 saturated carbocycles. The van der Waals surface area contributed by atoms with Gasteiger partial charge in [-0.15, -0.1) is 0 Å². The molecular weight excluding hydrogens is 222 g/mol. The number of anilines is 2. The number of aromatic nitrogens is 2. The molecule has 1 aromatic rings. The number of hydrazine groups is 1. The lowest BCUT2D eigenvalue weighted by atomic mass is 10.3. The number of nitrogens with zero attached hydrogens (tertiary/aromatic N) is 2. The lowest BCUT2D eigenvalue weighted by Gasteiger charge is -2.14. The minimum atomic E-state index is 0.545. The highest BCUT2D eigenvalue weighted by Crippen LogP contribution is 2.19. The maximum atomic E-state index is 5.40. The Bertz CT molecular complexity index is 355. The van der Waals surface area contributed by atoms with Gasteiger partial charge in [-0.2, -0.15) is 11.8 Å². The maximum Gasteiger partial charge on any atom is 0.148 e. The van der Waals surface area contributed by atoms with E-state index in [4.69, 9.17) is 5.84 Å². The van der Waals surface area contributed by atoms with Crippen LogP contribution in [0.15, 0.2) is 0 Å². The first kappa shape index (κ1) is 13.1. The van der Waals surface area contributed by atoms with Crippen LogP contribution in [0.4, 0.5) is 11.6 Å². The van der Waals surface area contributed by atoms with E-state index in [1.807, 2.05) is 25.6 Å². The van der Waals surface area contributed by atoms with E-state index in [1.165, 1.54) is 0 Å². The zero-order chi connectivity index (χ0) is 12.1. The molecule has 1 heterocycles. The Morgan fingerprint density at radius 1 is 1.31 bits per heavy atom. The molecule has 1 unspecified atom stereocenters. The number of hydrogen-bond donors (Lipinski definition) is 3. The van der Waals surface area contributed by atoms with Crippen LogP contribution in [0, 0.1) is 13.8 Å². The van der Waals surface area contributed by atoms with Gasteiger partial charge in [-0.05, 0) is 20.1 Å². The van der Waals surface area contributed by atoms with Gasteiger partial charge >= 0.3 is 0 Å². The van der Waals surface area contributed by atoms with Gasteiger partial charge in [-0.1, -0.05) is 6.92 Å². The lowest BCUT2D eigenvalue weighted by molar-refractivity contribution is 0.960. The first-order valence-corrected chi connectivity index (χ1v) is 6.45. The standard InChI is InChI=1S/C10H19N5S/c1-6(16-4)5-12-9-7(2)10(15-11)14-8(3)13-9/h6H,5,11H2,1-4H3,(H2,12,13,14,15). The first-order chi connectivity index (χ1) is 7.58. The van der Waals surface area contributed by atoms with Crippen molar-refractivity contribution in [3.8, 4) is 0 Å². The second kappa shape index (κ2) is 5.91. The summed E-state index contributed by atoms with van der Waals surface area (Å²) in [4.78, 5) is 8.57. The Morgan fingerprint density at radius 3 is 2.50 bits per heavy atom. The van der Waals surface area contributed by atoms with Crippen molar-refractivity contribution in [1.82, 2.24) is 9.97 Å². The van der Waals surface area contributed by atoms with E-state index in [-0.39, 0.29) is 0 Å². The molecule has 0 radical (unpaired) electrons. The van der Waals surface area contributed by atoms with Crippen LogP contribution in [-0.4, -0.2) is 28.0 Å². The molecule has 16 heavy (non-hydrogen) atoms. The molecule has 0 amide bonds. The highest BCUT2D eigenvalue weighted by Gasteiger charge is 2.08. The van der Waals surface area contributed by atoms with Crippen molar-refractivity contribution >= 4 is 23.4 Å². The van der Waals surface area contributed by atoms with E-state index in [0.717, 1.165) is 17.9 Å². The van der Waals surface area contributed by atoms with Crippen molar-refractivity contribution in [3.05, 3.63) is 11.4 Å². The number of hydrogen-bond acceptors (Lipinski definition) is 6. The topological polar surface area (TPSA) is 75.9 Å². The summed E-state index contributed by atoms with van der Waals surface area (Å²) in [5.74, 6) is 7.63. The molecule has 0 aliphatic rings. The summed E-state index contributed by atoms with van der Waals surface area (Å²) >= 11 is 1.82. The van der Waals surface area contributed by atoms with Crippen LogP contribution < -0.4 is 16.6 Å². The predicted molar refractivity (Wildman–Crippen MR) is 70.8 cm³/mol. The minimum Gasteiger partial charge on any atom is -0.369 e. The van der Waals surface area contributed by atoms with Crippen LogP contribution in [0.5, 0.6) is 0 Å². The molecule has 4 N–H and O–H groups in total. The fourth-order valence-electron chi connectivity index (χ4n) is 1.26. The molecule has 0 aliphatic heterocycles. The molecule has 0 fully saturated rings. The van der Waals surface area contributed by atoms with Gasteiger partial charge in [0.15, 0.2) is 0 Å². The summed E-state index contributed by atoms with van der Waals surface area (Å²) in [5, 5.41) is 3.86. The number of nitrogens with two attached hydrogens (primary N) is 1. The molecule has 0 saturated heterocycles. The van der Waals surface area contributed by atoms with Crippen LogP contribution in [0.2, 0.25) is 0 Å². The van der Waals surface area contributed by atoms with Gasteiger partial charge in [0.2, 0.25) is 0 Å². The van der Waals surface area contributed by atoms with Crippen LogP contribution >= 0.6 is 11.8 Å². The number of rotatable bonds is 5. The number of aryl methyl sites for hydroxylation is 1. The number of nitrogen functional groups attached to an aromatic ring is 1. The Balaban J connectivity index is 2.83. The molecule has 0 aromatic carbocycles. The summed E-state index contributed by atoms with van der Waals surface area (Å²) in [6, 6.07) is 0. The third-order valence-corrected chi connectivity index (χ3v) is 3.33. The third-order valence-electron chi connectivity index (χ3n) is 2.35. The molecular formula is C10H19N5S. The van der Waals surface area contributed by atoms with E-state index in [2.05, 4.69) is 33.9 Å². The Morgan fingerprint density at radius 2 is 1.94 bits per heavy atom. The summed E-state index contributed by atoms with van der Waals surface area (Å²) in [6.07, 6.45) is 2.09. The largest absolute Gasteiger partial charge is 0.369 e. The highest BCUT2D eigenvalue weighted by atomic mass is 32.2. The zero-order valence-corrected chi connectivity index (χ0v) is 11.0. The fourth-order valence-corrected chi connectivity index (χ4v) is 1.51. The second-order valence-corrected chi connectivity index (χ2v) is 4.94. The van der Waals surface area contributed by atoms with Crippen molar-refractivity contribution in [2.75, 3.05) is 23.5 Å². The molecule has 0 aliphatic carbocycles. The van der Waals surface area contributed by atoms with Gasteiger partial charge in [0.05, 0.1) is 0 Å². The number of thioether (sulfide) groups is 1. The molecule has 5 nitrogen and oxygen atoms in total. The molecule has 1 rings (SSSR count). The summed E-state index contributed by atoms with van der Waals surface area (Å²) in [5.41, 5.74) is 3.53. The van der Waals surface area contributed by atoms with E-state index in [0.29, 0.717) is 16.9 Å². The molecule has 1 atom stereocenters. The van der Waals surface area contributed by atoms with Crippen LogP contribution in [-0.2, 0) is 0 Å². The average Bonchev–Trinajstić information content (AvgIpc) is 2.29. The SMILES string of the molecule is CSC(C)CNc1nc(C)nc(NN)c1C. The lowest BCUT2D eigenvalue weighted by Crippen LogP contribution is -2.17. The van der Waals surface area contributed by atoms with Crippen LogP contribution in [0.25, 0.3) is 0 Å². The van der Waals surface area contributed by atoms with Crippen LogP contribution in [0.1, 0.15) is 18.3 Å². The van der Waals surface area contributed by atoms with Crippen molar-refractivity contribution < 1.29 is 0 Å². The third kappa shape index (κ3) is 3.24. The summed E-state index contributed by atoms with van der Waals surface area (Å²) in [6.45, 7) is 6.84. The Hall–Kier alpha value is -1.01. The van der Waals surface area contributed by atoms with Crippen molar-refractivity contribution in [1.29, 1.82) is 0 Å². The smallest absolute Gasteiger partial charge is 0.148 e. The Kier molecular flexibility index (Phi) is 4.82. The minimum absolute atomic E-state index is 0.545. The molecule has 1 aromatic heterocycles. The zero-order valence-electron chi connectivity index (χ0n) is 10.2. The average molecular weight is 241 g/mol. The predicted octanol–water partition coefficient (Wildman–Crippen LogP) is 1.54. The number of nitrogens with one attached hydrogen (secondary N) is 2. The molecule has 6 heteroatoms. The van der Waals surface area contributed by atoms with Gasteiger partial charge in [0, 0.05) is 17.4 Å². The molecule has 0 bridgehead atoms. The van der Waals surface area contributed by atoms with E-state index in [1.54, 1.807) is 0 Å². The normalized spacial score (nSPS) is 12.3. The van der Waals surface area contributed by atoms with Gasteiger partial charge < -0.3 is 10.7 Å². The monoisotopic (exact) mass is 241 g/mol. The second-order valence-electron chi connectivity index (χ2n) is 3.66. The molecule has 0 spiro atoms. The first-order valence-electron chi connectivity index (χ1n) is 5.17. The van der Waals surface area contributed by atoms with Gasteiger partial charge in [0.1, 0.15) is 17.5 Å². The maximum absolute atomic E-state index is 5.40. The molecule has 90 valence electrons. The van der Waals surface area contributed by atoms with Gasteiger partial charge in [-0.25, -0.2) is 15.8 Å². The van der Waals surface area contributed by atoms with Gasteiger partial charge in [-0.3, -0.25) is 0 Å². The van der Waals surface area contributed by atoms with E-state index >= 15 is 0 Å². The summed E-state index contributed by atoms with van der Waals surface area (Å²) < 4.78 is 0. The highest BCUT2D eigenvalue weighted by molar-refractivity contribution is 7.99. The Labute approximate surface area is 101 Å². The van der Waals surface area contributed by atoms with Crippen molar-refractivity contribution in [2.45, 2.75) is 26.0 Å². The fraction of sp³-hybridized carbons (Fsp3) is 0.600. The van der Waals surface area contributed by atoms with Crippen LogP contribution in [0.3, 0.4) is 0 Å². The van der Waals surface area contributed by atoms with E-state index in [9.17, 15) is 0 Å². The van der Waals surface area contributed by atoms with Gasteiger partial charge in [0.25, 0.3) is 0 Å². The summed E-state index contributed by atoms with van der Waals surface area (Å²) in [7, 11) is 0. The van der Waals surface area contributed by atoms with Crippen molar-refractivity contribution in [2.24, 2.45) is 5.84 Å². The van der Waals surface area contributed by atoms with Crippen molar-refractivity contribution in [3.63, 3.8) is 0 Å².